The maximum Gasteiger partial charge on any atom is 0.252 e. The largest absolute Gasteiger partial charge is 0.364 e. The van der Waals surface area contributed by atoms with E-state index in [4.69, 9.17) is 0 Å². The van der Waals surface area contributed by atoms with Crippen molar-refractivity contribution in [3.63, 3.8) is 0 Å². The van der Waals surface area contributed by atoms with Crippen molar-refractivity contribution in [3.8, 4) is 6.07 Å². The molecule has 0 bridgehead atoms. The van der Waals surface area contributed by atoms with Gasteiger partial charge < -0.3 is 9.47 Å². The summed E-state index contributed by atoms with van der Waals surface area (Å²) in [5.74, 6) is -0.614. The van der Waals surface area contributed by atoms with Crippen molar-refractivity contribution >= 4 is 16.7 Å². The van der Waals surface area contributed by atoms with E-state index in [1.54, 1.807) is 54.1 Å². The molecule has 0 amide bonds. The van der Waals surface area contributed by atoms with E-state index in [-0.39, 0.29) is 35.3 Å². The van der Waals surface area contributed by atoms with Gasteiger partial charge in [0.05, 0.1) is 17.2 Å². The number of piperazine rings is 1. The Balaban J connectivity index is 1.58. The van der Waals surface area contributed by atoms with Crippen LogP contribution < -0.4 is 10.5 Å². The summed E-state index contributed by atoms with van der Waals surface area (Å²) < 4.78 is 29.2. The fourth-order valence-corrected chi connectivity index (χ4v) is 5.54. The third-order valence-corrected chi connectivity index (χ3v) is 7.55. The molecule has 0 N–H and O–H groups in total. The van der Waals surface area contributed by atoms with E-state index >= 15 is 0 Å². The van der Waals surface area contributed by atoms with Gasteiger partial charge in [-0.2, -0.15) is 5.26 Å². The van der Waals surface area contributed by atoms with Crippen LogP contribution in [0.15, 0.2) is 71.5 Å². The molecule has 0 spiro atoms. The Hall–Kier alpha value is -4.09. The Kier molecular flexibility index (Phi) is 6.96. The SMILES string of the molecule is CC[C@@H]1CN(c2cc(=O)n(C)c3ccc(C#N)nc23)[C@@H](C)CN1C(c1ccc(F)cc1)c1ccc(F)cc1. The van der Waals surface area contributed by atoms with Crippen LogP contribution in [0.5, 0.6) is 0 Å². The van der Waals surface area contributed by atoms with Gasteiger partial charge in [-0.15, -0.1) is 0 Å². The number of pyridine rings is 2. The van der Waals surface area contributed by atoms with Gasteiger partial charge in [-0.1, -0.05) is 31.2 Å². The summed E-state index contributed by atoms with van der Waals surface area (Å²) in [4.78, 5) is 22.0. The maximum atomic E-state index is 13.8. The van der Waals surface area contributed by atoms with E-state index in [9.17, 15) is 18.8 Å². The zero-order chi connectivity index (χ0) is 27.0. The molecule has 2 aromatic heterocycles. The topological polar surface area (TPSA) is 65.2 Å². The third kappa shape index (κ3) is 4.66. The number of fused-ring (bicyclic) bond motifs is 1. The zero-order valence-corrected chi connectivity index (χ0v) is 21.6. The number of benzene rings is 2. The lowest BCUT2D eigenvalue weighted by molar-refractivity contribution is 0.116. The lowest BCUT2D eigenvalue weighted by Gasteiger charge is -2.49. The molecule has 8 heteroatoms. The molecule has 3 heterocycles. The standard InChI is InChI=1S/C30H29F2N5O/c1-4-25-18-36(27-15-28(38)35(3)26-14-13-24(16-33)34-29(26)27)19(2)17-37(25)30(20-5-9-22(31)10-6-20)21-7-11-23(32)12-8-21/h5-15,19,25,30H,4,17-18H2,1-3H3/t19-,25+/m0/s1. The Morgan fingerprint density at radius 1 is 1.00 bits per heavy atom. The van der Waals surface area contributed by atoms with E-state index in [0.717, 1.165) is 17.5 Å². The molecule has 0 unspecified atom stereocenters. The maximum absolute atomic E-state index is 13.8. The summed E-state index contributed by atoms with van der Waals surface area (Å²) in [6.45, 7) is 5.49. The highest BCUT2D eigenvalue weighted by atomic mass is 19.1. The molecule has 0 radical (unpaired) electrons. The second-order valence-electron chi connectivity index (χ2n) is 9.87. The molecule has 1 aliphatic rings. The van der Waals surface area contributed by atoms with Crippen molar-refractivity contribution in [2.75, 3.05) is 18.0 Å². The summed E-state index contributed by atoms with van der Waals surface area (Å²) in [5, 5.41) is 9.45. The van der Waals surface area contributed by atoms with Gasteiger partial charge in [-0.3, -0.25) is 9.69 Å². The Labute approximate surface area is 220 Å². The normalized spacial score (nSPS) is 18.2. The van der Waals surface area contributed by atoms with Gasteiger partial charge in [-0.25, -0.2) is 13.8 Å². The summed E-state index contributed by atoms with van der Waals surface area (Å²) >= 11 is 0. The van der Waals surface area contributed by atoms with Crippen molar-refractivity contribution in [1.29, 1.82) is 5.26 Å². The number of hydrogen-bond donors (Lipinski definition) is 0. The van der Waals surface area contributed by atoms with Crippen LogP contribution >= 0.6 is 0 Å². The second-order valence-corrected chi connectivity index (χ2v) is 9.87. The van der Waals surface area contributed by atoms with Crippen LogP contribution in [0, 0.1) is 23.0 Å². The van der Waals surface area contributed by atoms with Gasteiger partial charge in [0, 0.05) is 38.3 Å². The molecule has 2 aromatic carbocycles. The molecule has 1 saturated heterocycles. The monoisotopic (exact) mass is 513 g/mol. The Morgan fingerprint density at radius 3 is 2.16 bits per heavy atom. The molecule has 38 heavy (non-hydrogen) atoms. The number of anilines is 1. The highest BCUT2D eigenvalue weighted by Crippen LogP contribution is 2.36. The van der Waals surface area contributed by atoms with Crippen molar-refractivity contribution in [3.05, 3.63) is 106 Å². The minimum atomic E-state index is -0.307. The molecule has 0 saturated carbocycles. The second kappa shape index (κ2) is 10.3. The predicted molar refractivity (Wildman–Crippen MR) is 144 cm³/mol. The summed E-state index contributed by atoms with van der Waals surface area (Å²) in [5.41, 5.74) is 4.01. The number of aryl methyl sites for hydroxylation is 1. The average Bonchev–Trinajstić information content (AvgIpc) is 2.93. The number of halogens is 2. The number of aromatic nitrogens is 2. The third-order valence-electron chi connectivity index (χ3n) is 7.55. The summed E-state index contributed by atoms with van der Waals surface area (Å²) in [7, 11) is 1.70. The highest BCUT2D eigenvalue weighted by molar-refractivity contribution is 5.89. The average molecular weight is 514 g/mol. The quantitative estimate of drug-likeness (QED) is 0.369. The van der Waals surface area contributed by atoms with Crippen LogP contribution in [-0.4, -0.2) is 39.6 Å². The molecular formula is C30H29F2N5O. The summed E-state index contributed by atoms with van der Waals surface area (Å²) in [6.07, 6.45) is 0.821. The number of nitriles is 1. The lowest BCUT2D eigenvalue weighted by Crippen LogP contribution is -2.58. The van der Waals surface area contributed by atoms with Gasteiger partial charge in [0.25, 0.3) is 5.56 Å². The minimum Gasteiger partial charge on any atom is -0.364 e. The van der Waals surface area contributed by atoms with Crippen molar-refractivity contribution in [2.45, 2.75) is 38.4 Å². The smallest absolute Gasteiger partial charge is 0.252 e. The zero-order valence-electron chi connectivity index (χ0n) is 21.6. The van der Waals surface area contributed by atoms with Crippen LogP contribution in [0.3, 0.4) is 0 Å². The highest BCUT2D eigenvalue weighted by Gasteiger charge is 2.37. The van der Waals surface area contributed by atoms with E-state index in [1.807, 2.05) is 0 Å². The fourth-order valence-electron chi connectivity index (χ4n) is 5.54. The van der Waals surface area contributed by atoms with Crippen LogP contribution in [0.1, 0.15) is 43.1 Å². The molecule has 2 atom stereocenters. The van der Waals surface area contributed by atoms with Crippen molar-refractivity contribution in [1.82, 2.24) is 14.5 Å². The van der Waals surface area contributed by atoms with Crippen molar-refractivity contribution in [2.24, 2.45) is 7.05 Å². The van der Waals surface area contributed by atoms with Crippen LogP contribution in [0.4, 0.5) is 14.5 Å². The van der Waals surface area contributed by atoms with Crippen molar-refractivity contribution < 1.29 is 8.78 Å². The first-order valence-corrected chi connectivity index (χ1v) is 12.7. The minimum absolute atomic E-state index is 0.0101. The molecule has 1 fully saturated rings. The molecule has 194 valence electrons. The van der Waals surface area contributed by atoms with Gasteiger partial charge in [-0.05, 0) is 60.9 Å². The predicted octanol–water partition coefficient (Wildman–Crippen LogP) is 5.16. The fraction of sp³-hybridized carbons (Fsp3) is 0.300. The van der Waals surface area contributed by atoms with E-state index < -0.39 is 0 Å². The van der Waals surface area contributed by atoms with E-state index in [2.05, 4.69) is 34.7 Å². The molecule has 4 aromatic rings. The van der Waals surface area contributed by atoms with E-state index in [1.165, 1.54) is 24.3 Å². The summed E-state index contributed by atoms with van der Waals surface area (Å²) in [6, 6.07) is 19.9. The number of hydrogen-bond acceptors (Lipinski definition) is 5. The first-order valence-electron chi connectivity index (χ1n) is 12.7. The lowest BCUT2D eigenvalue weighted by atomic mass is 9.92. The van der Waals surface area contributed by atoms with Gasteiger partial charge in [0.1, 0.15) is 28.9 Å². The van der Waals surface area contributed by atoms with Gasteiger partial charge in [0.15, 0.2) is 0 Å². The molecule has 6 nitrogen and oxygen atoms in total. The number of rotatable bonds is 5. The van der Waals surface area contributed by atoms with E-state index in [0.29, 0.717) is 35.5 Å². The van der Waals surface area contributed by atoms with Crippen LogP contribution in [0.25, 0.3) is 11.0 Å². The van der Waals surface area contributed by atoms with Gasteiger partial charge in [0.2, 0.25) is 0 Å². The Morgan fingerprint density at radius 2 is 1.61 bits per heavy atom. The van der Waals surface area contributed by atoms with Gasteiger partial charge >= 0.3 is 0 Å². The molecular weight excluding hydrogens is 484 g/mol. The Bertz CT molecular complexity index is 1510. The van der Waals surface area contributed by atoms with Crippen LogP contribution in [0.2, 0.25) is 0 Å². The first kappa shape index (κ1) is 25.6. The molecule has 1 aliphatic heterocycles. The first-order chi connectivity index (χ1) is 18.3. The number of nitrogens with zero attached hydrogens (tertiary/aromatic N) is 5. The molecule has 0 aliphatic carbocycles. The molecule has 5 rings (SSSR count). The van der Waals surface area contributed by atoms with Crippen LogP contribution in [-0.2, 0) is 7.05 Å².